The van der Waals surface area contributed by atoms with Gasteiger partial charge in [-0.3, -0.25) is 14.9 Å². The van der Waals surface area contributed by atoms with Crippen molar-refractivity contribution in [1.29, 1.82) is 0 Å². The number of carbonyl (C=O) groups excluding carboxylic acids is 2. The van der Waals surface area contributed by atoms with Crippen LogP contribution in [-0.4, -0.2) is 30.0 Å². The molecule has 0 aliphatic carbocycles. The van der Waals surface area contributed by atoms with Crippen LogP contribution in [0.4, 0.5) is 10.8 Å². The van der Waals surface area contributed by atoms with Crippen molar-refractivity contribution in [3.05, 3.63) is 59.5 Å². The van der Waals surface area contributed by atoms with E-state index < -0.39 is 0 Å². The fourth-order valence-corrected chi connectivity index (χ4v) is 3.72. The topological polar surface area (TPSA) is 89.6 Å². The normalized spacial score (nSPS) is 12.9. The summed E-state index contributed by atoms with van der Waals surface area (Å²) in [6.45, 7) is 2.72. The lowest BCUT2D eigenvalue weighted by atomic mass is 10.1. The Balaban J connectivity index is 1.38. The van der Waals surface area contributed by atoms with Gasteiger partial charge in [0.25, 0.3) is 0 Å². The van der Waals surface area contributed by atoms with Crippen molar-refractivity contribution >= 4 is 40.0 Å². The fraction of sp³-hybridized carbons (Fsp3) is 0.174. The number of ether oxygens (including phenoxy) is 2. The Morgan fingerprint density at radius 3 is 2.58 bits per heavy atom. The molecule has 1 aliphatic heterocycles. The van der Waals surface area contributed by atoms with Crippen molar-refractivity contribution in [3.63, 3.8) is 0 Å². The van der Waals surface area contributed by atoms with Gasteiger partial charge in [-0.05, 0) is 35.9 Å². The van der Waals surface area contributed by atoms with Gasteiger partial charge in [0.05, 0.1) is 18.9 Å². The van der Waals surface area contributed by atoms with Crippen molar-refractivity contribution in [3.8, 4) is 22.8 Å². The summed E-state index contributed by atoms with van der Waals surface area (Å²) in [5.41, 5.74) is 3.22. The molecule has 0 bridgehead atoms. The number of fused-ring (bicyclic) bond motifs is 1. The molecule has 2 amide bonds. The molecule has 2 heterocycles. The number of nitrogens with zero attached hydrogens (tertiary/aromatic N) is 1. The maximum atomic E-state index is 12.3. The van der Waals surface area contributed by atoms with E-state index in [9.17, 15) is 9.59 Å². The van der Waals surface area contributed by atoms with Crippen molar-refractivity contribution in [2.24, 2.45) is 0 Å². The van der Waals surface area contributed by atoms with Crippen LogP contribution in [0.3, 0.4) is 0 Å². The fourth-order valence-electron chi connectivity index (χ4n) is 2.99. The van der Waals surface area contributed by atoms with E-state index in [4.69, 9.17) is 9.47 Å². The zero-order valence-electron chi connectivity index (χ0n) is 16.9. The van der Waals surface area contributed by atoms with Gasteiger partial charge >= 0.3 is 0 Å². The van der Waals surface area contributed by atoms with Crippen LogP contribution in [0.1, 0.15) is 18.9 Å². The summed E-state index contributed by atoms with van der Waals surface area (Å²) in [7, 11) is 0. The molecule has 0 unspecified atom stereocenters. The average molecular weight is 436 g/mol. The molecule has 3 aromatic rings. The molecule has 2 aromatic carbocycles. The summed E-state index contributed by atoms with van der Waals surface area (Å²) in [6, 6.07) is 13.0. The Kier molecular flexibility index (Phi) is 6.28. The number of thiazole rings is 1. The monoisotopic (exact) mass is 435 g/mol. The number of carbonyl (C=O) groups is 2. The average Bonchev–Trinajstić information content (AvgIpc) is 3.08. The molecule has 0 spiro atoms. The highest BCUT2D eigenvalue weighted by molar-refractivity contribution is 7.14. The number of anilines is 2. The molecule has 0 fully saturated rings. The minimum Gasteiger partial charge on any atom is -0.490 e. The van der Waals surface area contributed by atoms with Crippen LogP contribution in [0, 0.1) is 0 Å². The molecule has 0 atom stereocenters. The minimum atomic E-state index is -0.269. The Morgan fingerprint density at radius 1 is 1.03 bits per heavy atom. The van der Waals surface area contributed by atoms with E-state index in [2.05, 4.69) is 15.6 Å². The third-order valence-electron chi connectivity index (χ3n) is 4.43. The standard InChI is InChI=1S/C23H21N3O4S/c1-15(27)24-18-7-5-17(6-8-18)19-14-31-23(25-19)26-22(28)10-4-16-3-9-20-21(13-16)30-12-2-11-29-20/h3-10,13-14H,2,11-12H2,1H3,(H,24,27)(H,25,26,28)/b10-4+. The summed E-state index contributed by atoms with van der Waals surface area (Å²) >= 11 is 1.35. The second-order valence-electron chi connectivity index (χ2n) is 6.88. The van der Waals surface area contributed by atoms with Crippen LogP contribution >= 0.6 is 11.3 Å². The number of hydrogen-bond donors (Lipinski definition) is 2. The smallest absolute Gasteiger partial charge is 0.250 e. The van der Waals surface area contributed by atoms with Crippen molar-refractivity contribution in [1.82, 2.24) is 4.98 Å². The van der Waals surface area contributed by atoms with Crippen LogP contribution < -0.4 is 20.1 Å². The highest BCUT2D eigenvalue weighted by Gasteiger charge is 2.10. The third kappa shape index (κ3) is 5.49. The van der Waals surface area contributed by atoms with E-state index in [0.717, 1.165) is 34.7 Å². The van der Waals surface area contributed by atoms with Crippen molar-refractivity contribution < 1.29 is 19.1 Å². The first kappa shape index (κ1) is 20.6. The quantitative estimate of drug-likeness (QED) is 0.573. The molecule has 1 aliphatic rings. The number of nitrogens with one attached hydrogen (secondary N) is 2. The largest absolute Gasteiger partial charge is 0.490 e. The highest BCUT2D eigenvalue weighted by Crippen LogP contribution is 2.31. The van der Waals surface area contributed by atoms with Gasteiger partial charge in [-0.15, -0.1) is 11.3 Å². The molecule has 1 aromatic heterocycles. The molecular weight excluding hydrogens is 414 g/mol. The number of amides is 2. The van der Waals surface area contributed by atoms with Gasteiger partial charge in [0.2, 0.25) is 11.8 Å². The van der Waals surface area contributed by atoms with Gasteiger partial charge in [-0.25, -0.2) is 4.98 Å². The Bertz CT molecular complexity index is 1120. The predicted octanol–water partition coefficient (Wildman–Crippen LogP) is 4.58. The van der Waals surface area contributed by atoms with Crippen LogP contribution in [-0.2, 0) is 9.59 Å². The number of rotatable bonds is 5. The molecule has 0 saturated carbocycles. The molecule has 0 saturated heterocycles. The first-order valence-corrected chi connectivity index (χ1v) is 10.7. The van der Waals surface area contributed by atoms with Gasteiger partial charge in [-0.1, -0.05) is 18.2 Å². The maximum absolute atomic E-state index is 12.3. The van der Waals surface area contributed by atoms with E-state index >= 15 is 0 Å². The second kappa shape index (κ2) is 9.44. The number of benzene rings is 2. The summed E-state index contributed by atoms with van der Waals surface area (Å²) in [5, 5.41) is 7.89. The lowest BCUT2D eigenvalue weighted by molar-refractivity contribution is -0.114. The molecule has 7 nitrogen and oxygen atoms in total. The molecule has 2 N–H and O–H groups in total. The highest BCUT2D eigenvalue weighted by atomic mass is 32.1. The van der Waals surface area contributed by atoms with Crippen LogP contribution in [0.25, 0.3) is 17.3 Å². The predicted molar refractivity (Wildman–Crippen MR) is 122 cm³/mol. The number of aromatic nitrogens is 1. The first-order valence-electron chi connectivity index (χ1n) is 9.79. The lowest BCUT2D eigenvalue weighted by Gasteiger charge is -2.07. The van der Waals surface area contributed by atoms with Gasteiger partial charge in [0, 0.05) is 36.1 Å². The zero-order chi connectivity index (χ0) is 21.6. The Labute approximate surface area is 183 Å². The van der Waals surface area contributed by atoms with Crippen LogP contribution in [0.15, 0.2) is 53.9 Å². The Morgan fingerprint density at radius 2 is 1.81 bits per heavy atom. The van der Waals surface area contributed by atoms with Crippen LogP contribution in [0.5, 0.6) is 11.5 Å². The summed E-state index contributed by atoms with van der Waals surface area (Å²) in [4.78, 5) is 27.9. The van der Waals surface area contributed by atoms with Crippen molar-refractivity contribution in [2.75, 3.05) is 23.8 Å². The van der Waals surface area contributed by atoms with E-state index in [1.54, 1.807) is 6.08 Å². The third-order valence-corrected chi connectivity index (χ3v) is 5.19. The molecular formula is C23H21N3O4S. The van der Waals surface area contributed by atoms with Gasteiger partial charge < -0.3 is 14.8 Å². The molecule has 158 valence electrons. The summed E-state index contributed by atoms with van der Waals surface area (Å²) < 4.78 is 11.3. The second-order valence-corrected chi connectivity index (χ2v) is 7.73. The van der Waals surface area contributed by atoms with Gasteiger partial charge in [0.15, 0.2) is 16.6 Å². The number of hydrogen-bond acceptors (Lipinski definition) is 6. The SMILES string of the molecule is CC(=O)Nc1ccc(-c2csc(NC(=O)/C=C/c3ccc4c(c3)OCCCO4)n2)cc1. The minimum absolute atomic E-state index is 0.119. The first-order chi connectivity index (χ1) is 15.1. The maximum Gasteiger partial charge on any atom is 0.250 e. The lowest BCUT2D eigenvalue weighted by Crippen LogP contribution is -2.07. The van der Waals surface area contributed by atoms with E-state index in [-0.39, 0.29) is 11.8 Å². The Hall–Kier alpha value is -3.65. The van der Waals surface area contributed by atoms with E-state index in [1.165, 1.54) is 24.3 Å². The van der Waals surface area contributed by atoms with Gasteiger partial charge in [0.1, 0.15) is 0 Å². The molecule has 0 radical (unpaired) electrons. The molecule has 4 rings (SSSR count). The molecule has 31 heavy (non-hydrogen) atoms. The zero-order valence-corrected chi connectivity index (χ0v) is 17.7. The van der Waals surface area contributed by atoms with Crippen molar-refractivity contribution in [2.45, 2.75) is 13.3 Å². The van der Waals surface area contributed by atoms with Crippen LogP contribution in [0.2, 0.25) is 0 Å². The summed E-state index contributed by atoms with van der Waals surface area (Å²) in [5.74, 6) is 1.02. The van der Waals surface area contributed by atoms with Gasteiger partial charge in [-0.2, -0.15) is 0 Å². The van der Waals surface area contributed by atoms with E-state index in [1.807, 2.05) is 47.8 Å². The van der Waals surface area contributed by atoms with E-state index in [0.29, 0.717) is 24.1 Å². The molecule has 8 heteroatoms. The summed E-state index contributed by atoms with van der Waals surface area (Å²) in [6.07, 6.45) is 4.03.